The second kappa shape index (κ2) is 8.55. The number of hydrogen-bond acceptors (Lipinski definition) is 8. The van der Waals surface area contributed by atoms with Gasteiger partial charge in [0.1, 0.15) is 12.3 Å². The minimum atomic E-state index is -4.49. The summed E-state index contributed by atoms with van der Waals surface area (Å²) in [4.78, 5) is 37.5. The molecule has 0 spiro atoms. The second-order valence-corrected chi connectivity index (χ2v) is 6.03. The average molecular weight is 299 g/mol. The molecule has 9 nitrogen and oxygen atoms in total. The van der Waals surface area contributed by atoms with E-state index >= 15 is 0 Å². The molecule has 3 unspecified atom stereocenters. The molecular formula is C9H21NO8Si. The highest BCUT2D eigenvalue weighted by Crippen LogP contribution is 2.09. The van der Waals surface area contributed by atoms with Crippen molar-refractivity contribution < 1.29 is 39.2 Å². The van der Waals surface area contributed by atoms with Gasteiger partial charge in [-0.2, -0.15) is 0 Å². The summed E-state index contributed by atoms with van der Waals surface area (Å²) in [5.74, 6) is -1.35. The number of aliphatic hydroxyl groups excluding tert-OH is 2. The van der Waals surface area contributed by atoms with Crippen LogP contribution in [0.4, 0.5) is 0 Å². The van der Waals surface area contributed by atoms with Gasteiger partial charge < -0.3 is 34.4 Å². The first-order valence-corrected chi connectivity index (χ1v) is 7.82. The van der Waals surface area contributed by atoms with Crippen molar-refractivity contribution in [3.8, 4) is 0 Å². The van der Waals surface area contributed by atoms with E-state index in [9.17, 15) is 9.90 Å². The fraction of sp³-hybridized carbons (Fsp3) is 0.889. The summed E-state index contributed by atoms with van der Waals surface area (Å²) >= 11 is 0. The van der Waals surface area contributed by atoms with E-state index in [1.165, 1.54) is 0 Å². The van der Waals surface area contributed by atoms with Gasteiger partial charge in [-0.25, -0.2) is 0 Å². The van der Waals surface area contributed by atoms with E-state index in [2.05, 4.69) is 5.32 Å². The molecule has 0 aliphatic heterocycles. The molecule has 0 saturated heterocycles. The second-order valence-electron chi connectivity index (χ2n) is 4.08. The van der Waals surface area contributed by atoms with Gasteiger partial charge >= 0.3 is 14.8 Å². The van der Waals surface area contributed by atoms with E-state index in [-0.39, 0.29) is 6.61 Å². The van der Waals surface area contributed by atoms with Crippen LogP contribution in [0, 0.1) is 0 Å². The maximum Gasteiger partial charge on any atom is 0.495 e. The third-order valence-electron chi connectivity index (χ3n) is 2.18. The Kier molecular flexibility index (Phi) is 8.29. The summed E-state index contributed by atoms with van der Waals surface area (Å²) < 4.78 is 5.13. The molecule has 0 aliphatic rings. The van der Waals surface area contributed by atoms with Gasteiger partial charge in [0.05, 0.1) is 12.7 Å². The normalized spacial score (nSPS) is 16.9. The van der Waals surface area contributed by atoms with Crippen LogP contribution in [0.25, 0.3) is 0 Å². The number of aliphatic carboxylic acids is 1. The predicted octanol–water partition coefficient (Wildman–Crippen LogP) is -2.95. The number of aliphatic hydroxyl groups is 2. The number of carbonyl (C=O) groups is 1. The molecule has 0 aliphatic carbocycles. The molecule has 0 heterocycles. The van der Waals surface area contributed by atoms with Gasteiger partial charge in [0.25, 0.3) is 0 Å². The van der Waals surface area contributed by atoms with Crippen molar-refractivity contribution in [3.63, 3.8) is 0 Å². The van der Waals surface area contributed by atoms with Crippen LogP contribution in [0.2, 0.25) is 6.04 Å². The Balaban J connectivity index is 4.64. The molecule has 10 heteroatoms. The molecule has 114 valence electrons. The quantitative estimate of drug-likeness (QED) is 0.165. The van der Waals surface area contributed by atoms with E-state index < -0.39 is 45.8 Å². The van der Waals surface area contributed by atoms with Crippen molar-refractivity contribution in [2.45, 2.75) is 37.8 Å². The molecule has 0 rings (SSSR count). The Hall–Kier alpha value is -0.593. The summed E-state index contributed by atoms with van der Waals surface area (Å²) in [6.45, 7) is 1.24. The van der Waals surface area contributed by atoms with Crippen LogP contribution in [-0.2, 0) is 9.53 Å². The van der Waals surface area contributed by atoms with E-state index in [4.69, 9.17) is 29.3 Å². The summed E-state index contributed by atoms with van der Waals surface area (Å²) in [6.07, 6.45) is -2.18. The lowest BCUT2D eigenvalue weighted by atomic mass is 10.2. The minimum absolute atomic E-state index is 0.184. The van der Waals surface area contributed by atoms with Crippen LogP contribution in [0.5, 0.6) is 0 Å². The molecule has 0 fully saturated rings. The van der Waals surface area contributed by atoms with Crippen LogP contribution in [0.15, 0.2) is 0 Å². The highest BCUT2D eigenvalue weighted by Gasteiger charge is 2.36. The first-order valence-electron chi connectivity index (χ1n) is 5.77. The largest absolute Gasteiger partial charge is 0.495 e. The summed E-state index contributed by atoms with van der Waals surface area (Å²) in [5.41, 5.74) is 0. The SMILES string of the molecule is CCCOC(NC(CO)C(=O)O)C(O)C[Si](O)(O)O. The van der Waals surface area contributed by atoms with Crippen LogP contribution in [0.1, 0.15) is 13.3 Å². The molecule has 0 aromatic rings. The Morgan fingerprint density at radius 2 is 1.95 bits per heavy atom. The van der Waals surface area contributed by atoms with Crippen molar-refractivity contribution in [1.29, 1.82) is 0 Å². The third kappa shape index (κ3) is 8.23. The van der Waals surface area contributed by atoms with Crippen LogP contribution < -0.4 is 5.32 Å². The highest BCUT2D eigenvalue weighted by atomic mass is 28.4. The van der Waals surface area contributed by atoms with Gasteiger partial charge in [-0.05, 0) is 6.42 Å². The Morgan fingerprint density at radius 1 is 1.37 bits per heavy atom. The van der Waals surface area contributed by atoms with Crippen molar-refractivity contribution in [2.75, 3.05) is 13.2 Å². The van der Waals surface area contributed by atoms with Gasteiger partial charge in [-0.15, -0.1) is 0 Å². The Labute approximate surface area is 111 Å². The smallest absolute Gasteiger partial charge is 0.480 e. The van der Waals surface area contributed by atoms with E-state index in [0.29, 0.717) is 6.42 Å². The van der Waals surface area contributed by atoms with Gasteiger partial charge in [-0.1, -0.05) is 6.92 Å². The number of rotatable bonds is 10. The number of carboxylic acids is 1. The molecule has 0 radical (unpaired) electrons. The highest BCUT2D eigenvalue weighted by molar-refractivity contribution is 6.56. The van der Waals surface area contributed by atoms with E-state index in [0.717, 1.165) is 0 Å². The van der Waals surface area contributed by atoms with Gasteiger partial charge in [0.15, 0.2) is 0 Å². The molecule has 0 saturated carbocycles. The molecule has 19 heavy (non-hydrogen) atoms. The van der Waals surface area contributed by atoms with Crippen molar-refractivity contribution in [3.05, 3.63) is 0 Å². The first-order chi connectivity index (χ1) is 8.71. The zero-order valence-electron chi connectivity index (χ0n) is 10.6. The molecule has 0 bridgehead atoms. The number of nitrogens with one attached hydrogen (secondary N) is 1. The lowest BCUT2D eigenvalue weighted by Crippen LogP contribution is -2.54. The maximum absolute atomic E-state index is 10.7. The zero-order valence-corrected chi connectivity index (χ0v) is 11.6. The van der Waals surface area contributed by atoms with Gasteiger partial charge in [-0.3, -0.25) is 10.1 Å². The van der Waals surface area contributed by atoms with Gasteiger partial charge in [0.2, 0.25) is 0 Å². The Morgan fingerprint density at radius 3 is 2.32 bits per heavy atom. The maximum atomic E-state index is 10.7. The lowest BCUT2D eigenvalue weighted by Gasteiger charge is -2.27. The fourth-order valence-electron chi connectivity index (χ4n) is 1.30. The van der Waals surface area contributed by atoms with E-state index in [1.807, 2.05) is 0 Å². The van der Waals surface area contributed by atoms with Crippen molar-refractivity contribution in [2.24, 2.45) is 0 Å². The van der Waals surface area contributed by atoms with Crippen molar-refractivity contribution >= 4 is 14.8 Å². The summed E-state index contributed by atoms with van der Waals surface area (Å²) in [5, 5.41) is 29.6. The number of hydrogen-bond donors (Lipinski definition) is 7. The zero-order chi connectivity index (χ0) is 15.1. The summed E-state index contributed by atoms with van der Waals surface area (Å²) in [7, 11) is -4.49. The van der Waals surface area contributed by atoms with Gasteiger partial charge in [0, 0.05) is 12.7 Å². The monoisotopic (exact) mass is 299 g/mol. The van der Waals surface area contributed by atoms with Crippen LogP contribution >= 0.6 is 0 Å². The average Bonchev–Trinajstić information content (AvgIpc) is 2.26. The molecule has 0 aromatic carbocycles. The minimum Gasteiger partial charge on any atom is -0.480 e. The van der Waals surface area contributed by atoms with Crippen molar-refractivity contribution in [1.82, 2.24) is 5.32 Å². The fourth-order valence-corrected chi connectivity index (χ4v) is 2.08. The lowest BCUT2D eigenvalue weighted by molar-refractivity contribution is -0.143. The number of carboxylic acid groups (broad SMARTS) is 1. The standard InChI is InChI=1S/C9H21NO8Si/c1-2-3-18-8(7(12)5-19(15,16)17)10-6(4-11)9(13)14/h6-8,10-12,15-17H,2-5H2,1H3,(H,13,14). The molecule has 0 amide bonds. The molecule has 3 atom stereocenters. The first kappa shape index (κ1) is 18.4. The molecule has 7 N–H and O–H groups in total. The summed E-state index contributed by atoms with van der Waals surface area (Å²) in [6, 6.07) is -2.10. The number of ether oxygens (including phenoxy) is 1. The van der Waals surface area contributed by atoms with Crippen LogP contribution in [0.3, 0.4) is 0 Å². The third-order valence-corrected chi connectivity index (χ3v) is 3.15. The topological polar surface area (TPSA) is 160 Å². The predicted molar refractivity (Wildman–Crippen MR) is 64.9 cm³/mol. The van der Waals surface area contributed by atoms with Crippen LogP contribution in [-0.4, -0.2) is 76.1 Å². The Bertz CT molecular complexity index is 271. The van der Waals surface area contributed by atoms with E-state index in [1.54, 1.807) is 6.92 Å². The molecular weight excluding hydrogens is 278 g/mol. The molecule has 0 aromatic heterocycles.